The molecule has 156 valence electrons. The van der Waals surface area contributed by atoms with Gasteiger partial charge in [0.1, 0.15) is 23.4 Å². The molecule has 2 aromatic carbocycles. The maximum atomic E-state index is 12.6. The molecular weight excluding hydrogens is 380 g/mol. The van der Waals surface area contributed by atoms with Crippen molar-refractivity contribution in [3.63, 3.8) is 0 Å². The fourth-order valence-electron chi connectivity index (χ4n) is 3.85. The van der Waals surface area contributed by atoms with E-state index in [1.807, 2.05) is 39.0 Å². The van der Waals surface area contributed by atoms with Crippen LogP contribution in [-0.4, -0.2) is 34.4 Å². The maximum absolute atomic E-state index is 12.6. The number of carbonyl (C=O) groups is 1. The molecule has 0 aliphatic carbocycles. The number of benzene rings is 2. The van der Waals surface area contributed by atoms with Crippen LogP contribution in [0, 0.1) is 6.92 Å². The number of nitrogens with zero attached hydrogens (tertiary/aromatic N) is 3. The van der Waals surface area contributed by atoms with Crippen LogP contribution in [0.5, 0.6) is 11.5 Å². The molecule has 0 saturated heterocycles. The number of nitrogens with one attached hydrogen (secondary N) is 1. The van der Waals surface area contributed by atoms with Crippen molar-refractivity contribution in [2.75, 3.05) is 6.61 Å². The molecule has 1 aliphatic rings. The molecule has 1 aromatic heterocycles. The fraction of sp³-hybridized carbons (Fsp3) is 0.348. The molecule has 1 amide bonds. The van der Waals surface area contributed by atoms with E-state index >= 15 is 0 Å². The van der Waals surface area contributed by atoms with Crippen LogP contribution in [0.15, 0.2) is 35.4 Å². The first-order valence-electron chi connectivity index (χ1n) is 10.3. The molecule has 0 radical (unpaired) electrons. The number of hydrogen-bond donors (Lipinski definition) is 1. The fourth-order valence-corrected chi connectivity index (χ4v) is 3.85. The van der Waals surface area contributed by atoms with Crippen LogP contribution in [0.25, 0.3) is 11.0 Å². The quantitative estimate of drug-likeness (QED) is 0.498. The molecule has 7 nitrogen and oxygen atoms in total. The summed E-state index contributed by atoms with van der Waals surface area (Å²) >= 11 is 0. The van der Waals surface area contributed by atoms with Crippen LogP contribution in [0.3, 0.4) is 0 Å². The van der Waals surface area contributed by atoms with E-state index in [0.29, 0.717) is 12.2 Å². The van der Waals surface area contributed by atoms with Crippen LogP contribution in [-0.2, 0) is 13.0 Å². The summed E-state index contributed by atoms with van der Waals surface area (Å²) in [5, 5.41) is 4.14. The van der Waals surface area contributed by atoms with Crippen LogP contribution >= 0.6 is 0 Å². The van der Waals surface area contributed by atoms with E-state index in [1.165, 1.54) is 0 Å². The van der Waals surface area contributed by atoms with Crippen LogP contribution in [0.2, 0.25) is 0 Å². The highest BCUT2D eigenvalue weighted by Gasteiger charge is 2.21. The number of carbonyl (C=O) groups excluding carboxylic acids is 1. The van der Waals surface area contributed by atoms with Gasteiger partial charge in [0, 0.05) is 29.7 Å². The molecular formula is C23H26N4O3. The summed E-state index contributed by atoms with van der Waals surface area (Å²) in [5.74, 6) is 2.21. The molecule has 0 unspecified atom stereocenters. The second-order valence-electron chi connectivity index (χ2n) is 7.37. The number of fused-ring (bicyclic) bond motifs is 2. The van der Waals surface area contributed by atoms with Crippen molar-refractivity contribution in [2.45, 2.75) is 46.8 Å². The van der Waals surface area contributed by atoms with Gasteiger partial charge in [-0.1, -0.05) is 0 Å². The van der Waals surface area contributed by atoms with Gasteiger partial charge in [-0.3, -0.25) is 4.79 Å². The first kappa shape index (κ1) is 19.9. The zero-order chi connectivity index (χ0) is 21.3. The maximum Gasteiger partial charge on any atom is 0.271 e. The van der Waals surface area contributed by atoms with Crippen LogP contribution in [0.4, 0.5) is 0 Å². The summed E-state index contributed by atoms with van der Waals surface area (Å²) in [7, 11) is 0. The number of aryl methyl sites for hydroxylation is 2. The molecule has 0 fully saturated rings. The SMILES string of the molecule is CCOc1cc2c(cc1/C=N\NC(=O)c1ccc3c(c1)nc(C)n3CC)O[C@H](C)C2. The first-order chi connectivity index (χ1) is 14.5. The normalized spacial score (nSPS) is 15.4. The molecule has 30 heavy (non-hydrogen) atoms. The van der Waals surface area contributed by atoms with Gasteiger partial charge in [-0.05, 0) is 58.0 Å². The summed E-state index contributed by atoms with van der Waals surface area (Å²) in [6, 6.07) is 9.40. The number of aromatic nitrogens is 2. The number of rotatable bonds is 6. The lowest BCUT2D eigenvalue weighted by molar-refractivity contribution is 0.0955. The Labute approximate surface area is 175 Å². The Morgan fingerprint density at radius 1 is 1.37 bits per heavy atom. The highest BCUT2D eigenvalue weighted by molar-refractivity contribution is 5.98. The summed E-state index contributed by atoms with van der Waals surface area (Å²) in [6.07, 6.45) is 2.60. The monoisotopic (exact) mass is 406 g/mol. The molecule has 0 bridgehead atoms. The third-order valence-corrected chi connectivity index (χ3v) is 5.22. The molecule has 2 heterocycles. The predicted octanol–water partition coefficient (Wildman–Crippen LogP) is 3.85. The van der Waals surface area contributed by atoms with Gasteiger partial charge < -0.3 is 14.0 Å². The molecule has 4 rings (SSSR count). The Hall–Kier alpha value is -3.35. The van der Waals surface area contributed by atoms with Gasteiger partial charge in [0.05, 0.1) is 23.9 Å². The minimum Gasteiger partial charge on any atom is -0.493 e. The Morgan fingerprint density at radius 2 is 2.20 bits per heavy atom. The first-order valence-corrected chi connectivity index (χ1v) is 10.3. The Balaban J connectivity index is 1.52. The molecule has 0 spiro atoms. The molecule has 7 heteroatoms. The molecule has 1 atom stereocenters. The van der Waals surface area contributed by atoms with Gasteiger partial charge in [-0.15, -0.1) is 0 Å². The van der Waals surface area contributed by atoms with E-state index in [-0.39, 0.29) is 12.0 Å². The van der Waals surface area contributed by atoms with Gasteiger partial charge in [0.15, 0.2) is 0 Å². The molecule has 1 N–H and O–H groups in total. The summed E-state index contributed by atoms with van der Waals surface area (Å²) in [4.78, 5) is 17.1. The molecule has 0 saturated carbocycles. The third kappa shape index (κ3) is 3.75. The average molecular weight is 406 g/mol. The zero-order valence-electron chi connectivity index (χ0n) is 17.7. The van der Waals surface area contributed by atoms with E-state index in [9.17, 15) is 4.79 Å². The Morgan fingerprint density at radius 3 is 2.97 bits per heavy atom. The Bertz CT molecular complexity index is 1130. The van der Waals surface area contributed by atoms with Gasteiger partial charge in [-0.2, -0.15) is 5.10 Å². The lowest BCUT2D eigenvalue weighted by Crippen LogP contribution is -2.17. The van der Waals surface area contributed by atoms with Crippen LogP contribution in [0.1, 0.15) is 48.1 Å². The molecule has 1 aliphatic heterocycles. The van der Waals surface area contributed by atoms with Gasteiger partial charge in [-0.25, -0.2) is 10.4 Å². The second kappa shape index (κ2) is 8.18. The van der Waals surface area contributed by atoms with Crippen molar-refractivity contribution in [3.8, 4) is 11.5 Å². The number of hydrogen-bond acceptors (Lipinski definition) is 5. The summed E-state index contributed by atoms with van der Waals surface area (Å²) < 4.78 is 13.7. The van der Waals surface area contributed by atoms with Crippen molar-refractivity contribution in [3.05, 3.63) is 52.8 Å². The minimum absolute atomic E-state index is 0.149. The van der Waals surface area contributed by atoms with Crippen molar-refractivity contribution in [2.24, 2.45) is 5.10 Å². The number of ether oxygens (including phenoxy) is 2. The second-order valence-corrected chi connectivity index (χ2v) is 7.37. The van der Waals surface area contributed by atoms with E-state index in [0.717, 1.165) is 52.4 Å². The minimum atomic E-state index is -0.291. The predicted molar refractivity (Wildman–Crippen MR) is 117 cm³/mol. The van der Waals surface area contributed by atoms with Crippen LogP contribution < -0.4 is 14.9 Å². The summed E-state index contributed by atoms with van der Waals surface area (Å²) in [5.41, 5.74) is 6.81. The van der Waals surface area contributed by atoms with E-state index in [4.69, 9.17) is 9.47 Å². The van der Waals surface area contributed by atoms with E-state index in [2.05, 4.69) is 27.0 Å². The average Bonchev–Trinajstić information content (AvgIpc) is 3.24. The van der Waals surface area contributed by atoms with Crippen molar-refractivity contribution < 1.29 is 14.3 Å². The highest BCUT2D eigenvalue weighted by Crippen LogP contribution is 2.34. The lowest BCUT2D eigenvalue weighted by atomic mass is 10.1. The number of hydrazone groups is 1. The van der Waals surface area contributed by atoms with Gasteiger partial charge in [0.2, 0.25) is 0 Å². The largest absolute Gasteiger partial charge is 0.493 e. The number of amides is 1. The lowest BCUT2D eigenvalue weighted by Gasteiger charge is -2.09. The smallest absolute Gasteiger partial charge is 0.271 e. The van der Waals surface area contributed by atoms with Gasteiger partial charge >= 0.3 is 0 Å². The van der Waals surface area contributed by atoms with Crippen molar-refractivity contribution in [1.82, 2.24) is 15.0 Å². The highest BCUT2D eigenvalue weighted by atomic mass is 16.5. The van der Waals surface area contributed by atoms with Crippen molar-refractivity contribution in [1.29, 1.82) is 0 Å². The van der Waals surface area contributed by atoms with E-state index in [1.54, 1.807) is 18.3 Å². The zero-order valence-corrected chi connectivity index (χ0v) is 17.7. The van der Waals surface area contributed by atoms with Gasteiger partial charge in [0.25, 0.3) is 5.91 Å². The Kier molecular flexibility index (Phi) is 5.44. The third-order valence-electron chi connectivity index (χ3n) is 5.22. The number of imidazole rings is 1. The van der Waals surface area contributed by atoms with E-state index < -0.39 is 0 Å². The standard InChI is InChI=1S/C23H26N4O3/c1-5-27-15(4)25-19-10-16(7-8-20(19)27)23(28)26-24-13-18-12-22-17(9-14(3)30-22)11-21(18)29-6-2/h7-8,10-14H,5-6,9H2,1-4H3,(H,26,28)/b24-13-/t14-/m1/s1. The topological polar surface area (TPSA) is 77.7 Å². The molecule has 3 aromatic rings. The summed E-state index contributed by atoms with van der Waals surface area (Å²) in [6.45, 7) is 9.40. The van der Waals surface area contributed by atoms with Crippen molar-refractivity contribution >= 4 is 23.2 Å².